The quantitative estimate of drug-likeness (QED) is 0.683. The van der Waals surface area contributed by atoms with Crippen LogP contribution in [0.1, 0.15) is 34.1 Å². The first-order valence-electron chi connectivity index (χ1n) is 5.29. The van der Waals surface area contributed by atoms with E-state index in [1.807, 2.05) is 0 Å². The van der Waals surface area contributed by atoms with Crippen LogP contribution in [-0.2, 0) is 0 Å². The highest BCUT2D eigenvalue weighted by atomic mass is 32.2. The number of hydrogen-bond donors (Lipinski definition) is 0. The van der Waals surface area contributed by atoms with Gasteiger partial charge in [-0.2, -0.15) is 0 Å². The van der Waals surface area contributed by atoms with Gasteiger partial charge in [0.05, 0.1) is 0 Å². The lowest BCUT2D eigenvalue weighted by molar-refractivity contribution is 0.653. The molecule has 1 unspecified atom stereocenters. The van der Waals surface area contributed by atoms with E-state index in [9.17, 15) is 0 Å². The van der Waals surface area contributed by atoms with Crippen molar-refractivity contribution < 1.29 is 0 Å². The van der Waals surface area contributed by atoms with Crippen LogP contribution in [0.25, 0.3) is 0 Å². The number of allylic oxidation sites excluding steroid dienone is 2. The Balaban J connectivity index is 2.94. The smallest absolute Gasteiger partial charge is 0.102 e. The van der Waals surface area contributed by atoms with Gasteiger partial charge < -0.3 is 0 Å². The first-order chi connectivity index (χ1) is 6.70. The van der Waals surface area contributed by atoms with E-state index >= 15 is 0 Å². The van der Waals surface area contributed by atoms with E-state index in [-0.39, 0.29) is 0 Å². The molecule has 0 N–H and O–H groups in total. The van der Waals surface area contributed by atoms with Crippen LogP contribution >= 0.6 is 11.8 Å². The highest BCUT2D eigenvalue weighted by molar-refractivity contribution is 8.17. The Bertz CT molecular complexity index is 287. The maximum absolute atomic E-state index is 4.50. The number of thioether (sulfide) groups is 1. The van der Waals surface area contributed by atoms with Crippen LogP contribution in [0.15, 0.2) is 27.6 Å². The second-order valence-corrected chi connectivity index (χ2v) is 4.50. The fourth-order valence-corrected chi connectivity index (χ4v) is 2.33. The molecule has 1 rings (SSSR count). The first kappa shape index (κ1) is 11.6. The van der Waals surface area contributed by atoms with E-state index in [2.05, 4.69) is 44.2 Å². The Labute approximate surface area is 91.4 Å². The molecule has 1 heterocycles. The molecule has 0 aromatic rings. The predicted octanol–water partition coefficient (Wildman–Crippen LogP) is 4.03. The van der Waals surface area contributed by atoms with Crippen LogP contribution in [0, 0.1) is 5.92 Å². The van der Waals surface area contributed by atoms with E-state index in [0.29, 0.717) is 5.92 Å². The minimum atomic E-state index is 0.662. The van der Waals surface area contributed by atoms with Crippen LogP contribution in [0.2, 0.25) is 0 Å². The van der Waals surface area contributed by atoms with E-state index in [1.165, 1.54) is 22.6 Å². The number of rotatable bonds is 3. The molecule has 0 amide bonds. The van der Waals surface area contributed by atoms with Gasteiger partial charge in [-0.25, -0.2) is 0 Å². The second kappa shape index (κ2) is 5.40. The summed E-state index contributed by atoms with van der Waals surface area (Å²) in [7, 11) is 0. The lowest BCUT2D eigenvalue weighted by Gasteiger charge is -2.12. The van der Waals surface area contributed by atoms with Crippen LogP contribution in [0.4, 0.5) is 0 Å². The number of aliphatic imine (C=N–C) groups is 1. The zero-order valence-electron chi connectivity index (χ0n) is 9.50. The average Bonchev–Trinajstić information content (AvgIpc) is 2.64. The topological polar surface area (TPSA) is 12.4 Å². The van der Waals surface area contributed by atoms with Crippen LogP contribution < -0.4 is 0 Å². The standard InChI is InChI=1S/C12H19NS/c1-5-9(3)10(4)11-7-8-14-12(11)13-6-2/h7-9H,5-6H2,1-4H3/b11-10+,13-12?. The molecule has 0 aliphatic carbocycles. The summed E-state index contributed by atoms with van der Waals surface area (Å²) < 4.78 is 0. The predicted molar refractivity (Wildman–Crippen MR) is 66.9 cm³/mol. The van der Waals surface area contributed by atoms with Gasteiger partial charge in [0.1, 0.15) is 5.04 Å². The lowest BCUT2D eigenvalue weighted by atomic mass is 9.95. The Morgan fingerprint density at radius 2 is 2.21 bits per heavy atom. The molecule has 14 heavy (non-hydrogen) atoms. The molecule has 0 saturated heterocycles. The summed E-state index contributed by atoms with van der Waals surface area (Å²) in [6.07, 6.45) is 3.40. The van der Waals surface area contributed by atoms with E-state index < -0.39 is 0 Å². The van der Waals surface area contributed by atoms with E-state index in [1.54, 1.807) is 11.8 Å². The third kappa shape index (κ3) is 2.50. The molecule has 1 nitrogen and oxygen atoms in total. The third-order valence-electron chi connectivity index (χ3n) is 2.72. The van der Waals surface area contributed by atoms with Crippen LogP contribution in [-0.4, -0.2) is 11.6 Å². The van der Waals surface area contributed by atoms with Gasteiger partial charge in [0.25, 0.3) is 0 Å². The number of hydrogen-bond acceptors (Lipinski definition) is 2. The second-order valence-electron chi connectivity index (χ2n) is 3.61. The van der Waals surface area contributed by atoms with Crippen molar-refractivity contribution in [3.05, 3.63) is 22.6 Å². The summed E-state index contributed by atoms with van der Waals surface area (Å²) in [5.74, 6) is 0.662. The fraction of sp³-hybridized carbons (Fsp3) is 0.583. The molecular formula is C12H19NS. The summed E-state index contributed by atoms with van der Waals surface area (Å²) in [5.41, 5.74) is 2.83. The van der Waals surface area contributed by atoms with Crippen molar-refractivity contribution in [1.82, 2.24) is 0 Å². The average molecular weight is 209 g/mol. The molecule has 1 aliphatic heterocycles. The van der Waals surface area contributed by atoms with Crippen molar-refractivity contribution in [2.24, 2.45) is 10.9 Å². The van der Waals surface area contributed by atoms with Crippen LogP contribution in [0.3, 0.4) is 0 Å². The van der Waals surface area contributed by atoms with Crippen molar-refractivity contribution in [3.63, 3.8) is 0 Å². The van der Waals surface area contributed by atoms with Crippen molar-refractivity contribution in [3.8, 4) is 0 Å². The molecule has 0 aromatic carbocycles. The zero-order chi connectivity index (χ0) is 10.6. The van der Waals surface area contributed by atoms with Crippen LogP contribution in [0.5, 0.6) is 0 Å². The Kier molecular flexibility index (Phi) is 4.46. The molecule has 0 radical (unpaired) electrons. The van der Waals surface area contributed by atoms with Gasteiger partial charge in [-0.15, -0.1) is 0 Å². The fourth-order valence-electron chi connectivity index (χ4n) is 1.44. The normalized spacial score (nSPS) is 24.4. The Morgan fingerprint density at radius 1 is 1.50 bits per heavy atom. The minimum absolute atomic E-state index is 0.662. The molecule has 1 atom stereocenters. The zero-order valence-corrected chi connectivity index (χ0v) is 10.3. The summed E-state index contributed by atoms with van der Waals surface area (Å²) in [4.78, 5) is 4.50. The molecule has 0 saturated carbocycles. The Hall–Kier alpha value is -0.500. The molecular weight excluding hydrogens is 190 g/mol. The summed E-state index contributed by atoms with van der Waals surface area (Å²) in [6, 6.07) is 0. The molecule has 78 valence electrons. The van der Waals surface area contributed by atoms with Gasteiger partial charge in [0.15, 0.2) is 0 Å². The highest BCUT2D eigenvalue weighted by Gasteiger charge is 2.15. The van der Waals surface area contributed by atoms with Crippen molar-refractivity contribution >= 4 is 16.8 Å². The molecule has 0 bridgehead atoms. The van der Waals surface area contributed by atoms with E-state index in [0.717, 1.165) is 6.54 Å². The lowest BCUT2D eigenvalue weighted by Crippen LogP contribution is -2.02. The molecule has 0 spiro atoms. The maximum atomic E-state index is 4.50. The van der Waals surface area contributed by atoms with Crippen molar-refractivity contribution in [1.29, 1.82) is 0 Å². The van der Waals surface area contributed by atoms with Crippen molar-refractivity contribution in [2.45, 2.75) is 34.1 Å². The summed E-state index contributed by atoms with van der Waals surface area (Å²) in [5, 5.41) is 3.33. The summed E-state index contributed by atoms with van der Waals surface area (Å²) in [6.45, 7) is 9.70. The largest absolute Gasteiger partial charge is 0.278 e. The highest BCUT2D eigenvalue weighted by Crippen LogP contribution is 2.29. The number of nitrogens with zero attached hydrogens (tertiary/aromatic N) is 1. The molecule has 2 heteroatoms. The van der Waals surface area contributed by atoms with Gasteiger partial charge in [0, 0.05) is 12.1 Å². The van der Waals surface area contributed by atoms with Gasteiger partial charge in [-0.3, -0.25) is 4.99 Å². The molecule has 0 aromatic heterocycles. The summed E-state index contributed by atoms with van der Waals surface area (Å²) >= 11 is 1.74. The third-order valence-corrected chi connectivity index (χ3v) is 3.57. The SMILES string of the molecule is CCN=C1SC=C/C1=C(/C)C(C)CC. The minimum Gasteiger partial charge on any atom is -0.278 e. The van der Waals surface area contributed by atoms with Gasteiger partial charge in [-0.05, 0) is 37.7 Å². The van der Waals surface area contributed by atoms with Crippen molar-refractivity contribution in [2.75, 3.05) is 6.54 Å². The Morgan fingerprint density at radius 3 is 2.79 bits per heavy atom. The van der Waals surface area contributed by atoms with Gasteiger partial charge in [0.2, 0.25) is 0 Å². The maximum Gasteiger partial charge on any atom is 0.102 e. The monoisotopic (exact) mass is 209 g/mol. The molecule has 1 aliphatic rings. The van der Waals surface area contributed by atoms with E-state index in [4.69, 9.17) is 0 Å². The molecule has 0 fully saturated rings. The first-order valence-corrected chi connectivity index (χ1v) is 6.17. The van der Waals surface area contributed by atoms with Gasteiger partial charge >= 0.3 is 0 Å². The van der Waals surface area contributed by atoms with Gasteiger partial charge in [-0.1, -0.05) is 31.2 Å².